The lowest BCUT2D eigenvalue weighted by Crippen LogP contribution is -2.29. The molecule has 1 aliphatic rings. The van der Waals surface area contributed by atoms with E-state index in [1.54, 1.807) is 57.2 Å². The number of hydrogen-bond acceptors (Lipinski definition) is 9. The number of aryl methyl sites for hydroxylation is 2. The van der Waals surface area contributed by atoms with E-state index < -0.39 is 23.7 Å². The molecule has 1 fully saturated rings. The van der Waals surface area contributed by atoms with Crippen molar-refractivity contribution in [3.8, 4) is 5.75 Å². The average Bonchev–Trinajstić information content (AvgIpc) is 3.50. The number of ether oxygens (including phenoxy) is 2. The van der Waals surface area contributed by atoms with Crippen LogP contribution in [0.5, 0.6) is 5.75 Å². The van der Waals surface area contributed by atoms with Crippen molar-refractivity contribution in [3.05, 3.63) is 69.6 Å². The fourth-order valence-corrected chi connectivity index (χ4v) is 4.81. The molecule has 1 aliphatic heterocycles. The quantitative estimate of drug-likeness (QED) is 0.219. The van der Waals surface area contributed by atoms with E-state index in [1.807, 2.05) is 6.92 Å². The zero-order chi connectivity index (χ0) is 25.3. The van der Waals surface area contributed by atoms with Crippen molar-refractivity contribution in [3.63, 3.8) is 0 Å². The standard InChI is InChI=1S/C25H24N2O7S/c1-5-32-16-9-7-8-15(12-16)20(28)18-19(17-11-10-13(3)34-17)27(23(30)21(18)29)25-26-14(4)22(35-25)24(31)33-6-2/h7-12,19,28H,5-6H2,1-4H3. The molecule has 1 unspecified atom stereocenters. The number of aromatic nitrogens is 1. The predicted octanol–water partition coefficient (Wildman–Crippen LogP) is 4.55. The van der Waals surface area contributed by atoms with Crippen molar-refractivity contribution in [2.75, 3.05) is 18.1 Å². The SMILES string of the molecule is CCOC(=O)c1sc(N2C(=O)C(=O)C(=C(O)c3cccc(OCC)c3)C2c2ccc(C)o2)nc1C. The smallest absolute Gasteiger partial charge is 0.350 e. The van der Waals surface area contributed by atoms with Crippen LogP contribution in [0.1, 0.15) is 52.3 Å². The van der Waals surface area contributed by atoms with Crippen LogP contribution in [0.4, 0.5) is 5.13 Å². The van der Waals surface area contributed by atoms with Crippen molar-refractivity contribution < 1.29 is 33.4 Å². The van der Waals surface area contributed by atoms with Crippen molar-refractivity contribution in [2.24, 2.45) is 0 Å². The highest BCUT2D eigenvalue weighted by molar-refractivity contribution is 7.17. The molecule has 2 aromatic heterocycles. The van der Waals surface area contributed by atoms with Gasteiger partial charge in [-0.15, -0.1) is 0 Å². The molecule has 1 saturated heterocycles. The zero-order valence-corrected chi connectivity index (χ0v) is 20.5. The van der Waals surface area contributed by atoms with E-state index in [4.69, 9.17) is 13.9 Å². The summed E-state index contributed by atoms with van der Waals surface area (Å²) in [7, 11) is 0. The number of benzene rings is 1. The van der Waals surface area contributed by atoms with Crippen LogP contribution in [0, 0.1) is 13.8 Å². The highest BCUT2D eigenvalue weighted by Gasteiger charge is 2.50. The summed E-state index contributed by atoms with van der Waals surface area (Å²) in [6.45, 7) is 7.47. The molecule has 0 spiro atoms. The molecule has 0 aliphatic carbocycles. The van der Waals surface area contributed by atoms with Gasteiger partial charge < -0.3 is 19.0 Å². The van der Waals surface area contributed by atoms with Gasteiger partial charge in [-0.25, -0.2) is 9.78 Å². The Hall–Kier alpha value is -3.92. The first-order valence-electron chi connectivity index (χ1n) is 11.0. The Morgan fingerprint density at radius 2 is 1.94 bits per heavy atom. The Morgan fingerprint density at radius 3 is 2.60 bits per heavy atom. The van der Waals surface area contributed by atoms with Crippen molar-refractivity contribution in [1.29, 1.82) is 0 Å². The summed E-state index contributed by atoms with van der Waals surface area (Å²) in [4.78, 5) is 44.6. The van der Waals surface area contributed by atoms with Gasteiger partial charge in [-0.3, -0.25) is 14.5 Å². The average molecular weight is 497 g/mol. The van der Waals surface area contributed by atoms with E-state index in [9.17, 15) is 19.5 Å². The Labute approximate surface area is 205 Å². The minimum Gasteiger partial charge on any atom is -0.507 e. The number of esters is 1. The van der Waals surface area contributed by atoms with Crippen LogP contribution in [0.3, 0.4) is 0 Å². The predicted molar refractivity (Wildman–Crippen MR) is 129 cm³/mol. The molecule has 1 atom stereocenters. The van der Waals surface area contributed by atoms with Crippen molar-refractivity contribution in [2.45, 2.75) is 33.7 Å². The maximum Gasteiger partial charge on any atom is 0.350 e. The minimum absolute atomic E-state index is 0.119. The molecular formula is C25H24N2O7S. The number of nitrogens with zero attached hydrogens (tertiary/aromatic N) is 2. The summed E-state index contributed by atoms with van der Waals surface area (Å²) in [6, 6.07) is 8.85. The molecule has 3 heterocycles. The van der Waals surface area contributed by atoms with E-state index in [0.717, 1.165) is 16.2 Å². The van der Waals surface area contributed by atoms with E-state index >= 15 is 0 Å². The number of amides is 1. The van der Waals surface area contributed by atoms with Gasteiger partial charge >= 0.3 is 11.9 Å². The second kappa shape index (κ2) is 9.75. The largest absolute Gasteiger partial charge is 0.507 e. The number of Topliss-reactive ketones (excluding diaryl/α,β-unsaturated/α-hetero) is 1. The van der Waals surface area contributed by atoms with Gasteiger partial charge in [0, 0.05) is 5.56 Å². The molecule has 1 N–H and O–H groups in total. The summed E-state index contributed by atoms with van der Waals surface area (Å²) in [5.41, 5.74) is 0.525. The number of carbonyl (C=O) groups excluding carboxylic acids is 3. The van der Waals surface area contributed by atoms with Crippen LogP contribution in [-0.2, 0) is 14.3 Å². The Balaban J connectivity index is 1.88. The van der Waals surface area contributed by atoms with Crippen LogP contribution in [-0.4, -0.2) is 41.0 Å². The van der Waals surface area contributed by atoms with Crippen LogP contribution >= 0.6 is 11.3 Å². The molecule has 35 heavy (non-hydrogen) atoms. The highest BCUT2D eigenvalue weighted by Crippen LogP contribution is 2.44. The fourth-order valence-electron chi connectivity index (χ4n) is 3.83. The maximum atomic E-state index is 13.2. The lowest BCUT2D eigenvalue weighted by Gasteiger charge is -2.20. The summed E-state index contributed by atoms with van der Waals surface area (Å²) in [6.07, 6.45) is 0. The Morgan fingerprint density at radius 1 is 1.17 bits per heavy atom. The lowest BCUT2D eigenvalue weighted by atomic mass is 9.99. The number of aliphatic hydroxyl groups excluding tert-OH is 1. The zero-order valence-electron chi connectivity index (χ0n) is 19.7. The topological polar surface area (TPSA) is 119 Å². The molecule has 0 saturated carbocycles. The first kappa shape index (κ1) is 24.2. The summed E-state index contributed by atoms with van der Waals surface area (Å²) in [5, 5.41) is 11.3. The van der Waals surface area contributed by atoms with Crippen LogP contribution in [0.15, 0.2) is 46.4 Å². The fraction of sp³-hybridized carbons (Fsp3) is 0.280. The molecule has 4 rings (SSSR count). The van der Waals surface area contributed by atoms with Gasteiger partial charge in [0.25, 0.3) is 5.78 Å². The number of hydrogen-bond donors (Lipinski definition) is 1. The number of rotatable bonds is 7. The van der Waals surface area contributed by atoms with E-state index in [0.29, 0.717) is 29.4 Å². The van der Waals surface area contributed by atoms with Gasteiger partial charge in [0.05, 0.1) is 24.5 Å². The molecule has 9 nitrogen and oxygen atoms in total. The minimum atomic E-state index is -1.08. The van der Waals surface area contributed by atoms with Crippen LogP contribution in [0.25, 0.3) is 5.76 Å². The summed E-state index contributed by atoms with van der Waals surface area (Å²) >= 11 is 0.936. The molecule has 182 valence electrons. The van der Waals surface area contributed by atoms with E-state index in [1.165, 1.54) is 0 Å². The highest BCUT2D eigenvalue weighted by atomic mass is 32.1. The normalized spacial score (nSPS) is 17.1. The van der Waals surface area contributed by atoms with Gasteiger partial charge in [-0.1, -0.05) is 23.5 Å². The third-order valence-electron chi connectivity index (χ3n) is 5.35. The second-order valence-corrected chi connectivity index (χ2v) is 8.69. The number of ketones is 1. The number of carbonyl (C=O) groups is 3. The van der Waals surface area contributed by atoms with Gasteiger partial charge in [-0.05, 0) is 52.0 Å². The molecule has 0 radical (unpaired) electrons. The monoisotopic (exact) mass is 496 g/mol. The first-order valence-corrected chi connectivity index (χ1v) is 11.8. The molecule has 0 bridgehead atoms. The third kappa shape index (κ3) is 4.44. The number of anilines is 1. The van der Waals surface area contributed by atoms with Gasteiger partial charge in [0.15, 0.2) is 5.13 Å². The number of furan rings is 1. The van der Waals surface area contributed by atoms with Crippen LogP contribution < -0.4 is 9.64 Å². The number of thiazole rings is 1. The van der Waals surface area contributed by atoms with Crippen LogP contribution in [0.2, 0.25) is 0 Å². The molecule has 10 heteroatoms. The molecule has 3 aromatic rings. The maximum absolute atomic E-state index is 13.2. The van der Waals surface area contributed by atoms with Gasteiger partial charge in [0.2, 0.25) is 0 Å². The summed E-state index contributed by atoms with van der Waals surface area (Å²) in [5.74, 6) is -1.38. The van der Waals surface area contributed by atoms with E-state index in [-0.39, 0.29) is 33.7 Å². The Bertz CT molecular complexity index is 1340. The van der Waals surface area contributed by atoms with Crippen molar-refractivity contribution >= 4 is 39.9 Å². The Kier molecular flexibility index (Phi) is 6.74. The van der Waals surface area contributed by atoms with Crippen molar-refractivity contribution in [1.82, 2.24) is 4.98 Å². The van der Waals surface area contributed by atoms with E-state index in [2.05, 4.69) is 4.98 Å². The first-order chi connectivity index (χ1) is 16.8. The molecular weight excluding hydrogens is 472 g/mol. The number of aliphatic hydroxyl groups is 1. The molecule has 1 aromatic carbocycles. The van der Waals surface area contributed by atoms with Gasteiger partial charge in [0.1, 0.15) is 33.9 Å². The summed E-state index contributed by atoms with van der Waals surface area (Å²) < 4.78 is 16.4. The molecule has 1 amide bonds. The lowest BCUT2D eigenvalue weighted by molar-refractivity contribution is -0.132. The van der Waals surface area contributed by atoms with Gasteiger partial charge in [-0.2, -0.15) is 0 Å². The second-order valence-electron chi connectivity index (χ2n) is 7.71. The third-order valence-corrected chi connectivity index (χ3v) is 6.48.